The lowest BCUT2D eigenvalue weighted by Crippen LogP contribution is -2.35. The number of nitrogens with zero attached hydrogens (tertiary/aromatic N) is 2. The highest BCUT2D eigenvalue weighted by atomic mass is 35.5. The van der Waals surface area contributed by atoms with Gasteiger partial charge in [-0.1, -0.05) is 0 Å². The fraction of sp³-hybridized carbons (Fsp3) is 0.615. The number of hydrogen-bond donors (Lipinski definition) is 0. The predicted octanol–water partition coefficient (Wildman–Crippen LogP) is 1.97. The molecular formula is C13H19ClN2O2. The molecule has 1 fully saturated rings. The zero-order valence-electron chi connectivity index (χ0n) is 10.7. The molecule has 18 heavy (non-hydrogen) atoms. The second kappa shape index (κ2) is 6.25. The van der Waals surface area contributed by atoms with Crippen LogP contribution in [0.5, 0.6) is 0 Å². The van der Waals surface area contributed by atoms with Gasteiger partial charge in [-0.25, -0.2) is 0 Å². The molecule has 1 aliphatic heterocycles. The lowest BCUT2D eigenvalue weighted by atomic mass is 10.2. The Hall–Kier alpha value is -1.00. The molecule has 2 rings (SSSR count). The minimum Gasteiger partial charge on any atom is -0.469 e. The number of aryl methyl sites for hydroxylation is 1. The van der Waals surface area contributed by atoms with E-state index in [0.717, 1.165) is 39.1 Å². The molecule has 1 aromatic heterocycles. The van der Waals surface area contributed by atoms with Crippen molar-refractivity contribution < 1.29 is 9.21 Å². The van der Waals surface area contributed by atoms with Gasteiger partial charge in [-0.15, -0.1) is 11.6 Å². The van der Waals surface area contributed by atoms with Crippen LogP contribution in [0.25, 0.3) is 0 Å². The highest BCUT2D eigenvalue weighted by Crippen LogP contribution is 2.14. The summed E-state index contributed by atoms with van der Waals surface area (Å²) in [6, 6.07) is 1.75. The summed E-state index contributed by atoms with van der Waals surface area (Å²) >= 11 is 5.75. The standard InChI is InChI=1S/C13H19ClN2O2/c1-11-12(3-10-18-11)13(17)16-6-2-5-15(7-4-14)8-9-16/h3,10H,2,4-9H2,1H3. The van der Waals surface area contributed by atoms with Crippen LogP contribution in [0.1, 0.15) is 22.5 Å². The molecule has 0 atom stereocenters. The number of amides is 1. The van der Waals surface area contributed by atoms with E-state index in [1.54, 1.807) is 12.3 Å². The molecule has 100 valence electrons. The molecule has 0 bridgehead atoms. The van der Waals surface area contributed by atoms with Gasteiger partial charge in [0, 0.05) is 32.1 Å². The van der Waals surface area contributed by atoms with E-state index in [1.807, 2.05) is 11.8 Å². The Morgan fingerprint density at radius 1 is 1.39 bits per heavy atom. The summed E-state index contributed by atoms with van der Waals surface area (Å²) < 4.78 is 5.19. The Morgan fingerprint density at radius 2 is 2.22 bits per heavy atom. The summed E-state index contributed by atoms with van der Waals surface area (Å²) in [5, 5.41) is 0. The first-order valence-electron chi connectivity index (χ1n) is 6.34. The number of hydrogen-bond acceptors (Lipinski definition) is 3. The summed E-state index contributed by atoms with van der Waals surface area (Å²) in [7, 11) is 0. The molecule has 0 N–H and O–H groups in total. The Kier molecular flexibility index (Phi) is 4.66. The van der Waals surface area contributed by atoms with Gasteiger partial charge >= 0.3 is 0 Å². The van der Waals surface area contributed by atoms with Crippen LogP contribution in [0.3, 0.4) is 0 Å². The quantitative estimate of drug-likeness (QED) is 0.788. The van der Waals surface area contributed by atoms with Crippen LogP contribution < -0.4 is 0 Å². The van der Waals surface area contributed by atoms with Gasteiger partial charge in [0.2, 0.25) is 0 Å². The lowest BCUT2D eigenvalue weighted by Gasteiger charge is -2.21. The molecule has 1 saturated heterocycles. The van der Waals surface area contributed by atoms with E-state index in [0.29, 0.717) is 17.2 Å². The number of carbonyl (C=O) groups is 1. The smallest absolute Gasteiger partial charge is 0.257 e. The van der Waals surface area contributed by atoms with Crippen LogP contribution in [-0.2, 0) is 0 Å². The summed E-state index contributed by atoms with van der Waals surface area (Å²) in [5.41, 5.74) is 0.681. The van der Waals surface area contributed by atoms with Gasteiger partial charge in [0.15, 0.2) is 0 Å². The zero-order valence-corrected chi connectivity index (χ0v) is 11.4. The molecule has 2 heterocycles. The largest absolute Gasteiger partial charge is 0.469 e. The summed E-state index contributed by atoms with van der Waals surface area (Å²) in [4.78, 5) is 16.5. The second-order valence-electron chi connectivity index (χ2n) is 4.57. The van der Waals surface area contributed by atoms with Crippen molar-refractivity contribution in [1.82, 2.24) is 9.80 Å². The van der Waals surface area contributed by atoms with E-state index >= 15 is 0 Å². The van der Waals surface area contributed by atoms with Crippen molar-refractivity contribution in [2.24, 2.45) is 0 Å². The Bertz CT molecular complexity index is 405. The minimum absolute atomic E-state index is 0.0778. The van der Waals surface area contributed by atoms with E-state index in [4.69, 9.17) is 16.0 Å². The maximum atomic E-state index is 12.3. The summed E-state index contributed by atoms with van der Waals surface area (Å²) in [5.74, 6) is 1.42. The average Bonchev–Trinajstić information content (AvgIpc) is 2.64. The highest BCUT2D eigenvalue weighted by molar-refractivity contribution is 6.18. The first-order chi connectivity index (χ1) is 8.72. The van der Waals surface area contributed by atoms with Gasteiger partial charge in [0.05, 0.1) is 11.8 Å². The third-order valence-corrected chi connectivity index (χ3v) is 3.53. The summed E-state index contributed by atoms with van der Waals surface area (Å²) in [6.07, 6.45) is 2.57. The number of carbonyl (C=O) groups excluding carboxylic acids is 1. The predicted molar refractivity (Wildman–Crippen MR) is 71.1 cm³/mol. The van der Waals surface area contributed by atoms with Crippen LogP contribution in [-0.4, -0.2) is 54.3 Å². The van der Waals surface area contributed by atoms with Crippen molar-refractivity contribution >= 4 is 17.5 Å². The van der Waals surface area contributed by atoms with Crippen LogP contribution >= 0.6 is 11.6 Å². The molecule has 5 heteroatoms. The van der Waals surface area contributed by atoms with Crippen molar-refractivity contribution in [3.8, 4) is 0 Å². The van der Waals surface area contributed by atoms with E-state index in [-0.39, 0.29) is 5.91 Å². The van der Waals surface area contributed by atoms with Crippen molar-refractivity contribution in [2.45, 2.75) is 13.3 Å². The van der Waals surface area contributed by atoms with Crippen molar-refractivity contribution in [3.63, 3.8) is 0 Å². The number of halogens is 1. The Labute approximate surface area is 112 Å². The minimum atomic E-state index is 0.0778. The van der Waals surface area contributed by atoms with Gasteiger partial charge < -0.3 is 14.2 Å². The topological polar surface area (TPSA) is 36.7 Å². The SMILES string of the molecule is Cc1occc1C(=O)N1CCCN(CCCl)CC1. The van der Waals surface area contributed by atoms with Crippen molar-refractivity contribution in [1.29, 1.82) is 0 Å². The van der Waals surface area contributed by atoms with Crippen molar-refractivity contribution in [3.05, 3.63) is 23.7 Å². The fourth-order valence-electron chi connectivity index (χ4n) is 2.29. The van der Waals surface area contributed by atoms with Crippen LogP contribution in [0.2, 0.25) is 0 Å². The first kappa shape index (κ1) is 13.4. The molecule has 0 unspecified atom stereocenters. The number of alkyl halides is 1. The van der Waals surface area contributed by atoms with Crippen LogP contribution in [0, 0.1) is 6.92 Å². The van der Waals surface area contributed by atoms with E-state index < -0.39 is 0 Å². The van der Waals surface area contributed by atoms with E-state index in [9.17, 15) is 4.79 Å². The molecule has 1 amide bonds. The Morgan fingerprint density at radius 3 is 2.89 bits per heavy atom. The second-order valence-corrected chi connectivity index (χ2v) is 4.94. The molecule has 0 aromatic carbocycles. The van der Waals surface area contributed by atoms with Crippen LogP contribution in [0.15, 0.2) is 16.7 Å². The third-order valence-electron chi connectivity index (χ3n) is 3.37. The average molecular weight is 271 g/mol. The summed E-state index contributed by atoms with van der Waals surface area (Å²) in [6.45, 7) is 6.21. The number of furan rings is 1. The molecule has 0 saturated carbocycles. The normalized spacial score (nSPS) is 17.8. The zero-order chi connectivity index (χ0) is 13.0. The van der Waals surface area contributed by atoms with Gasteiger partial charge in [0.1, 0.15) is 5.76 Å². The number of rotatable bonds is 3. The monoisotopic (exact) mass is 270 g/mol. The fourth-order valence-corrected chi connectivity index (χ4v) is 2.53. The molecule has 4 nitrogen and oxygen atoms in total. The molecule has 1 aliphatic rings. The highest BCUT2D eigenvalue weighted by Gasteiger charge is 2.22. The molecule has 0 radical (unpaired) electrons. The van der Waals surface area contributed by atoms with Crippen LogP contribution in [0.4, 0.5) is 0 Å². The molecule has 0 spiro atoms. The third kappa shape index (κ3) is 3.06. The van der Waals surface area contributed by atoms with Gasteiger partial charge in [-0.3, -0.25) is 4.79 Å². The van der Waals surface area contributed by atoms with Gasteiger partial charge in [-0.05, 0) is 26.0 Å². The molecular weight excluding hydrogens is 252 g/mol. The van der Waals surface area contributed by atoms with E-state index in [1.165, 1.54) is 0 Å². The maximum Gasteiger partial charge on any atom is 0.257 e. The van der Waals surface area contributed by atoms with Gasteiger partial charge in [-0.2, -0.15) is 0 Å². The Balaban J connectivity index is 1.98. The molecule has 0 aliphatic carbocycles. The van der Waals surface area contributed by atoms with E-state index in [2.05, 4.69) is 4.90 Å². The van der Waals surface area contributed by atoms with Crippen molar-refractivity contribution in [2.75, 3.05) is 38.6 Å². The lowest BCUT2D eigenvalue weighted by molar-refractivity contribution is 0.0760. The first-order valence-corrected chi connectivity index (χ1v) is 6.87. The maximum absolute atomic E-state index is 12.3. The molecule has 1 aromatic rings. The van der Waals surface area contributed by atoms with Gasteiger partial charge in [0.25, 0.3) is 5.91 Å².